The molecule has 23 heteroatoms. The largest absolute Gasteiger partial charge is 0.479 e. The number of nitrogens with zero attached hydrogens (tertiary/aromatic N) is 4. The van der Waals surface area contributed by atoms with Crippen LogP contribution in [-0.2, 0) is 57.5 Å². The second-order valence-electron chi connectivity index (χ2n) is 19.8. The molecule has 8 rings (SSSR count). The van der Waals surface area contributed by atoms with Crippen molar-refractivity contribution in [2.75, 3.05) is 6.61 Å². The van der Waals surface area contributed by atoms with Crippen LogP contribution in [0.4, 0.5) is 5.69 Å². The topological polar surface area (TPSA) is 330 Å². The average Bonchev–Trinajstić information content (AvgIpc) is 4.03. The number of hydrogen-bond donors (Lipinski definition) is 8. The molecule has 8 unspecified atom stereocenters. The Morgan fingerprint density at radius 3 is 2.42 bits per heavy atom. The van der Waals surface area contributed by atoms with Crippen molar-refractivity contribution in [3.63, 3.8) is 0 Å². The number of amides is 1. The van der Waals surface area contributed by atoms with Crippen molar-refractivity contribution in [2.24, 2.45) is 17.8 Å². The molecule has 4 aliphatic rings. The van der Waals surface area contributed by atoms with Crippen LogP contribution in [0.15, 0.2) is 60.9 Å². The van der Waals surface area contributed by atoms with Crippen LogP contribution in [0.3, 0.4) is 0 Å². The molecule has 0 spiro atoms. The van der Waals surface area contributed by atoms with Crippen LogP contribution in [-0.4, -0.2) is 160 Å². The lowest BCUT2D eigenvalue weighted by atomic mass is 9.77. The number of carbonyl (C=O) groups is 3. The number of carboxylic acids is 1. The number of carbonyl (C=O) groups excluding carboxylic acids is 2. The van der Waals surface area contributed by atoms with Gasteiger partial charge in [-0.2, -0.15) is 0 Å². The van der Waals surface area contributed by atoms with E-state index in [4.69, 9.17) is 28.4 Å². The first-order chi connectivity index (χ1) is 35.1. The number of nitro benzene ring substituents is 1. The Hall–Kier alpha value is -5.47. The van der Waals surface area contributed by atoms with Gasteiger partial charge in [-0.1, -0.05) is 62.4 Å². The molecule has 4 fully saturated rings. The highest BCUT2D eigenvalue weighted by molar-refractivity contribution is 5.89. The molecular formula is C50H66N6O17. The Bertz CT molecular complexity index is 2490. The van der Waals surface area contributed by atoms with Gasteiger partial charge in [-0.25, -0.2) is 9.59 Å². The molecule has 2 saturated carbocycles. The summed E-state index contributed by atoms with van der Waals surface area (Å²) in [6.07, 6.45) is -9.52. The van der Waals surface area contributed by atoms with Gasteiger partial charge in [0.1, 0.15) is 42.3 Å². The molecule has 2 saturated heterocycles. The number of carboxylic acid groups (broad SMARTS) is 1. The maximum Gasteiger partial charge on any atom is 0.338 e. The zero-order chi connectivity index (χ0) is 51.9. The van der Waals surface area contributed by atoms with Crippen molar-refractivity contribution >= 4 is 34.4 Å². The summed E-state index contributed by atoms with van der Waals surface area (Å²) in [5, 5.41) is 88.4. The van der Waals surface area contributed by atoms with Gasteiger partial charge in [0.05, 0.1) is 48.1 Å². The summed E-state index contributed by atoms with van der Waals surface area (Å²) in [6, 6.07) is 12.6. The summed E-state index contributed by atoms with van der Waals surface area (Å²) in [6.45, 7) is 2.97. The first-order valence-corrected chi connectivity index (χ1v) is 25.1. The van der Waals surface area contributed by atoms with Crippen LogP contribution in [0.5, 0.6) is 0 Å². The Morgan fingerprint density at radius 1 is 0.932 bits per heavy atom. The fourth-order valence-corrected chi connectivity index (χ4v) is 10.6. The third kappa shape index (κ3) is 12.9. The lowest BCUT2D eigenvalue weighted by Gasteiger charge is -2.48. The monoisotopic (exact) mass is 1020 g/mol. The molecule has 0 bridgehead atoms. The predicted octanol–water partition coefficient (Wildman–Crippen LogP) is 2.67. The number of ether oxygens (including phenoxy) is 6. The summed E-state index contributed by atoms with van der Waals surface area (Å²) in [5.74, 6) is -3.87. The molecule has 4 aromatic rings. The minimum Gasteiger partial charge on any atom is -0.479 e. The quantitative estimate of drug-likeness (QED) is 0.0358. The molecule has 8 N–H and O–H groups in total. The minimum atomic E-state index is -1.72. The van der Waals surface area contributed by atoms with E-state index in [-0.39, 0.29) is 43.0 Å². The van der Waals surface area contributed by atoms with Crippen LogP contribution >= 0.6 is 0 Å². The molecule has 4 heterocycles. The van der Waals surface area contributed by atoms with Crippen molar-refractivity contribution in [1.29, 1.82) is 0 Å². The van der Waals surface area contributed by atoms with Crippen molar-refractivity contribution in [2.45, 2.75) is 171 Å². The normalized spacial score (nSPS) is 31.4. The summed E-state index contributed by atoms with van der Waals surface area (Å²) in [4.78, 5) is 54.9. The van der Waals surface area contributed by atoms with E-state index >= 15 is 0 Å². The number of H-pyrrole nitrogens is 1. The second-order valence-corrected chi connectivity index (χ2v) is 19.8. The maximum atomic E-state index is 14.1. The van der Waals surface area contributed by atoms with Gasteiger partial charge >= 0.3 is 11.9 Å². The number of aliphatic hydroxyl groups excluding tert-OH is 5. The summed E-state index contributed by atoms with van der Waals surface area (Å²) < 4.78 is 39.0. The number of aliphatic hydroxyl groups is 5. The Kier molecular flexibility index (Phi) is 17.9. The fourth-order valence-electron chi connectivity index (χ4n) is 10.6. The first kappa shape index (κ1) is 53.8. The predicted molar refractivity (Wildman–Crippen MR) is 254 cm³/mol. The van der Waals surface area contributed by atoms with Crippen molar-refractivity contribution in [3.05, 3.63) is 87.9 Å². The Morgan fingerprint density at radius 2 is 1.70 bits per heavy atom. The van der Waals surface area contributed by atoms with Gasteiger partial charge in [-0.3, -0.25) is 19.6 Å². The van der Waals surface area contributed by atoms with Crippen molar-refractivity contribution < 1.29 is 78.4 Å². The molecular weight excluding hydrogens is 957 g/mol. The number of non-ortho nitro benzene ring substituents is 1. The van der Waals surface area contributed by atoms with Crippen LogP contribution in [0.25, 0.3) is 10.9 Å². The van der Waals surface area contributed by atoms with E-state index < -0.39 is 121 Å². The molecule has 15 atom stereocenters. The van der Waals surface area contributed by atoms with Crippen LogP contribution in [0.2, 0.25) is 0 Å². The third-order valence-electron chi connectivity index (χ3n) is 14.6. The SMILES string of the molecule is CC1CC(C(=O)NCc2cn(CCCc3c[nH]c4ccc([N+](=O)[O-])cc34)nn2)C[C@@H](O[C@@H]2OC(CO)[C@H](O)C(O[C@@H](CC3CCCCC3)C(=O)O)C2OC(=O)c2ccccc2)C1O[C@@H]1OC(C)[C@@H](O)[C@H](O)C1O. The average molecular weight is 1020 g/mol. The molecule has 73 heavy (non-hydrogen) atoms. The third-order valence-corrected chi connectivity index (χ3v) is 14.6. The second kappa shape index (κ2) is 24.3. The van der Waals surface area contributed by atoms with Gasteiger partial charge in [-0.15, -0.1) is 5.10 Å². The zero-order valence-electron chi connectivity index (χ0n) is 40.7. The summed E-state index contributed by atoms with van der Waals surface area (Å²) in [5.41, 5.74) is 2.29. The Balaban J connectivity index is 1.01. The molecule has 1 amide bonds. The van der Waals surface area contributed by atoms with E-state index in [0.29, 0.717) is 25.1 Å². The smallest absolute Gasteiger partial charge is 0.338 e. The summed E-state index contributed by atoms with van der Waals surface area (Å²) >= 11 is 0. The molecule has 23 nitrogen and oxygen atoms in total. The van der Waals surface area contributed by atoms with Crippen molar-refractivity contribution in [3.8, 4) is 0 Å². The summed E-state index contributed by atoms with van der Waals surface area (Å²) in [7, 11) is 0. The minimum absolute atomic E-state index is 0.00235. The standard InChI is InChI=1S/C50H66N6O17/c1-26-18-31(46(62)52-23-32-24-55(54-53-32)17-9-14-30-22-51-35-16-15-33(56(66)67)21-34(30)35)20-36(43(26)73-49-42(61)41(60)39(58)27(2)68-49)70-50-45(72-48(65)29-12-7-4-8-13-29)44(40(59)38(25-57)71-50)69-37(47(63)64)19-28-10-5-3-6-11-28/h4,7-8,12-13,15-16,21-22,24,26-28,31,36-45,49-51,57-61H,3,5-6,9-11,14,17-20,23,25H2,1-2H3,(H,52,62)(H,63,64)/t26?,27?,31?,36-,37+,38?,39-,40+,41+,42?,43?,44?,45?,49+,50-/m1/s1. The maximum absolute atomic E-state index is 14.1. The van der Waals surface area contributed by atoms with E-state index in [9.17, 15) is 55.1 Å². The Labute approximate surface area is 420 Å². The number of nitro groups is 1. The van der Waals surface area contributed by atoms with E-state index in [2.05, 4.69) is 20.6 Å². The van der Waals surface area contributed by atoms with Gasteiger partial charge < -0.3 is 69.4 Å². The fraction of sp³-hybridized carbons (Fsp3) is 0.620. The van der Waals surface area contributed by atoms with Crippen molar-refractivity contribution in [1.82, 2.24) is 25.3 Å². The number of aliphatic carboxylic acids is 1. The van der Waals surface area contributed by atoms with Crippen LogP contribution in [0.1, 0.15) is 93.3 Å². The van der Waals surface area contributed by atoms with E-state index in [1.54, 1.807) is 48.1 Å². The number of esters is 1. The van der Waals surface area contributed by atoms with Gasteiger partial charge in [-0.05, 0) is 74.6 Å². The lowest BCUT2D eigenvalue weighted by molar-refractivity contribution is -0.384. The highest BCUT2D eigenvalue weighted by atomic mass is 16.7. The van der Waals surface area contributed by atoms with Gasteiger partial charge in [0.15, 0.2) is 24.8 Å². The highest BCUT2D eigenvalue weighted by Gasteiger charge is 2.54. The number of hydrogen-bond acceptors (Lipinski definition) is 18. The van der Waals surface area contributed by atoms with Gasteiger partial charge in [0.2, 0.25) is 5.91 Å². The molecule has 2 aliphatic heterocycles. The lowest BCUT2D eigenvalue weighted by Crippen LogP contribution is -2.64. The molecule has 0 radical (unpaired) electrons. The number of fused-ring (bicyclic) bond motifs is 1. The highest BCUT2D eigenvalue weighted by Crippen LogP contribution is 2.39. The van der Waals surface area contributed by atoms with Gasteiger partial charge in [0.25, 0.3) is 5.69 Å². The number of aromatic amines is 1. The number of aromatic nitrogens is 4. The van der Waals surface area contributed by atoms with E-state index in [0.717, 1.165) is 48.6 Å². The first-order valence-electron chi connectivity index (χ1n) is 25.1. The molecule has 398 valence electrons. The van der Waals surface area contributed by atoms with Crippen LogP contribution in [0, 0.1) is 27.9 Å². The number of aryl methyl sites for hydroxylation is 2. The van der Waals surface area contributed by atoms with Gasteiger partial charge in [0, 0.05) is 41.7 Å². The molecule has 2 aromatic carbocycles. The zero-order valence-corrected chi connectivity index (χ0v) is 40.7. The molecule has 2 aromatic heterocycles. The number of rotatable bonds is 20. The number of benzene rings is 2. The van der Waals surface area contributed by atoms with E-state index in [1.165, 1.54) is 25.1 Å². The van der Waals surface area contributed by atoms with Crippen LogP contribution < -0.4 is 5.32 Å². The van der Waals surface area contributed by atoms with E-state index in [1.807, 2.05) is 6.20 Å². The number of nitrogens with one attached hydrogen (secondary N) is 2. The molecule has 2 aliphatic carbocycles.